The van der Waals surface area contributed by atoms with Crippen LogP contribution < -0.4 is 4.74 Å². The van der Waals surface area contributed by atoms with Crippen molar-refractivity contribution in [2.45, 2.75) is 13.2 Å². The zero-order valence-electron chi connectivity index (χ0n) is 17.3. The summed E-state index contributed by atoms with van der Waals surface area (Å²) in [6.07, 6.45) is 1.73. The summed E-state index contributed by atoms with van der Waals surface area (Å²) in [5.41, 5.74) is 3.41. The number of benzene rings is 3. The molecular weight excluding hydrogens is 402 g/mol. The van der Waals surface area contributed by atoms with E-state index in [9.17, 15) is 5.11 Å². The van der Waals surface area contributed by atoms with Crippen molar-refractivity contribution in [2.75, 3.05) is 0 Å². The predicted octanol–water partition coefficient (Wildman–Crippen LogP) is 6.01. The first-order chi connectivity index (χ1) is 15.7. The van der Waals surface area contributed by atoms with Crippen molar-refractivity contribution >= 4 is 10.9 Å². The number of aliphatic hydroxyl groups excluding tert-OH is 1. The van der Waals surface area contributed by atoms with Crippen LogP contribution in [0.3, 0.4) is 0 Å². The molecule has 3 aromatic carbocycles. The smallest absolute Gasteiger partial charge is 0.227 e. The summed E-state index contributed by atoms with van der Waals surface area (Å²) in [4.78, 5) is 4.74. The molecule has 0 radical (unpaired) electrons. The summed E-state index contributed by atoms with van der Waals surface area (Å²) in [6.45, 7) is 4.01. The monoisotopic (exact) mass is 423 g/mol. The fourth-order valence-electron chi connectivity index (χ4n) is 3.62. The van der Waals surface area contributed by atoms with E-state index in [4.69, 9.17) is 14.1 Å². The zero-order valence-corrected chi connectivity index (χ0v) is 17.3. The van der Waals surface area contributed by atoms with Crippen LogP contribution in [0.5, 0.6) is 5.75 Å². The Bertz CT molecular complexity index is 1370. The first-order valence-corrected chi connectivity index (χ1v) is 10.2. The molecule has 32 heavy (non-hydrogen) atoms. The van der Waals surface area contributed by atoms with E-state index in [2.05, 4.69) is 11.7 Å². The van der Waals surface area contributed by atoms with Crippen LogP contribution >= 0.6 is 0 Å². The lowest BCUT2D eigenvalue weighted by Gasteiger charge is -2.08. The summed E-state index contributed by atoms with van der Waals surface area (Å²) < 4.78 is 14.0. The number of aliphatic hydroxyl groups is 1. The second-order valence-corrected chi connectivity index (χ2v) is 7.37. The third-order valence-corrected chi connectivity index (χ3v) is 5.10. The molecule has 158 valence electrons. The van der Waals surface area contributed by atoms with E-state index in [-0.39, 0.29) is 18.9 Å². The van der Waals surface area contributed by atoms with Gasteiger partial charge in [-0.2, -0.15) is 5.10 Å². The molecule has 0 aliphatic rings. The number of allylic oxidation sites excluding steroid dienone is 1. The maximum atomic E-state index is 9.53. The van der Waals surface area contributed by atoms with Gasteiger partial charge >= 0.3 is 0 Å². The van der Waals surface area contributed by atoms with Gasteiger partial charge < -0.3 is 14.3 Å². The highest BCUT2D eigenvalue weighted by Crippen LogP contribution is 2.32. The van der Waals surface area contributed by atoms with Crippen molar-refractivity contribution in [1.82, 2.24) is 14.8 Å². The van der Waals surface area contributed by atoms with Crippen LogP contribution in [-0.2, 0) is 13.2 Å². The first-order valence-electron chi connectivity index (χ1n) is 10.2. The Balaban J connectivity index is 1.48. The molecule has 0 bridgehead atoms. The summed E-state index contributed by atoms with van der Waals surface area (Å²) in [5, 5.41) is 14.7. The molecule has 0 aliphatic carbocycles. The summed E-state index contributed by atoms with van der Waals surface area (Å²) in [7, 11) is 0. The molecule has 5 aromatic rings. The van der Waals surface area contributed by atoms with Crippen molar-refractivity contribution in [3.63, 3.8) is 0 Å². The van der Waals surface area contributed by atoms with Gasteiger partial charge in [0.15, 0.2) is 5.76 Å². The first kappa shape index (κ1) is 19.6. The molecule has 0 unspecified atom stereocenters. The van der Waals surface area contributed by atoms with E-state index in [1.165, 1.54) is 0 Å². The number of aromatic nitrogens is 3. The highest BCUT2D eigenvalue weighted by Gasteiger charge is 2.18. The molecule has 0 atom stereocenters. The summed E-state index contributed by atoms with van der Waals surface area (Å²) >= 11 is 0. The van der Waals surface area contributed by atoms with Gasteiger partial charge in [0.05, 0.1) is 23.6 Å². The number of hydrogen-bond acceptors (Lipinski definition) is 5. The summed E-state index contributed by atoms with van der Waals surface area (Å²) in [5.74, 6) is 1.96. The minimum atomic E-state index is 0.0462. The lowest BCUT2D eigenvalue weighted by atomic mass is 10.1. The van der Waals surface area contributed by atoms with Crippen molar-refractivity contribution < 1.29 is 14.3 Å². The summed E-state index contributed by atoms with van der Waals surface area (Å²) in [6, 6.07) is 25.4. The van der Waals surface area contributed by atoms with E-state index in [0.29, 0.717) is 23.1 Å². The van der Waals surface area contributed by atoms with Gasteiger partial charge in [0.1, 0.15) is 23.8 Å². The second-order valence-electron chi connectivity index (χ2n) is 7.37. The zero-order chi connectivity index (χ0) is 21.9. The Morgan fingerprint density at radius 2 is 1.66 bits per heavy atom. The second kappa shape index (κ2) is 8.43. The Morgan fingerprint density at radius 3 is 2.38 bits per heavy atom. The van der Waals surface area contributed by atoms with Gasteiger partial charge in [0, 0.05) is 11.1 Å². The molecule has 0 spiro atoms. The minimum absolute atomic E-state index is 0.0462. The van der Waals surface area contributed by atoms with Gasteiger partial charge in [-0.25, -0.2) is 4.98 Å². The Labute approximate surface area is 185 Å². The average molecular weight is 423 g/mol. The van der Waals surface area contributed by atoms with Crippen LogP contribution in [-0.4, -0.2) is 19.9 Å². The third kappa shape index (κ3) is 3.86. The lowest BCUT2D eigenvalue weighted by Crippen LogP contribution is -2.01. The predicted molar refractivity (Wildman–Crippen MR) is 123 cm³/mol. The SMILES string of the molecule is C=C(O)Cn1ncc2c(OCc3nc(-c4ccccc4)oc3-c3ccccc3)cccc21. The molecule has 6 heteroatoms. The highest BCUT2D eigenvalue weighted by molar-refractivity contribution is 5.85. The van der Waals surface area contributed by atoms with E-state index < -0.39 is 0 Å². The molecule has 6 nitrogen and oxygen atoms in total. The van der Waals surface area contributed by atoms with Gasteiger partial charge in [-0.1, -0.05) is 61.2 Å². The van der Waals surface area contributed by atoms with Crippen molar-refractivity contribution in [2.24, 2.45) is 0 Å². The van der Waals surface area contributed by atoms with Gasteiger partial charge in [-0.05, 0) is 24.3 Å². The van der Waals surface area contributed by atoms with Crippen LogP contribution in [0.15, 0.2) is 102 Å². The molecule has 0 aliphatic heterocycles. The van der Waals surface area contributed by atoms with E-state index in [1.807, 2.05) is 78.9 Å². The number of nitrogens with zero attached hydrogens (tertiary/aromatic N) is 3. The highest BCUT2D eigenvalue weighted by atomic mass is 16.5. The topological polar surface area (TPSA) is 73.3 Å². The molecule has 0 saturated heterocycles. The lowest BCUT2D eigenvalue weighted by molar-refractivity contribution is 0.305. The quantitative estimate of drug-likeness (QED) is 0.325. The van der Waals surface area contributed by atoms with Crippen molar-refractivity contribution in [3.05, 3.63) is 103 Å². The molecule has 1 N–H and O–H groups in total. The minimum Gasteiger partial charge on any atom is -0.511 e. The number of hydrogen-bond donors (Lipinski definition) is 1. The van der Waals surface area contributed by atoms with Crippen LogP contribution in [0, 0.1) is 0 Å². The third-order valence-electron chi connectivity index (χ3n) is 5.10. The molecule has 0 saturated carbocycles. The van der Waals surface area contributed by atoms with Crippen molar-refractivity contribution in [3.8, 4) is 28.5 Å². The number of rotatable bonds is 7. The molecule has 5 rings (SSSR count). The number of ether oxygens (including phenoxy) is 1. The van der Waals surface area contributed by atoms with Crippen LogP contribution in [0.1, 0.15) is 5.69 Å². The molecular formula is C26H21N3O3. The van der Waals surface area contributed by atoms with Gasteiger partial charge in [-0.3, -0.25) is 4.68 Å². The van der Waals surface area contributed by atoms with Gasteiger partial charge in [0.2, 0.25) is 5.89 Å². The molecule has 0 amide bonds. The number of fused-ring (bicyclic) bond motifs is 1. The van der Waals surface area contributed by atoms with E-state index >= 15 is 0 Å². The molecule has 2 aromatic heterocycles. The maximum Gasteiger partial charge on any atom is 0.227 e. The number of oxazole rings is 1. The van der Waals surface area contributed by atoms with Crippen LogP contribution in [0.2, 0.25) is 0 Å². The van der Waals surface area contributed by atoms with Gasteiger partial charge in [0.25, 0.3) is 0 Å². The standard InChI is InChI=1S/C26H21N3O3/c1-18(30)16-29-23-13-8-14-24(21(23)15-27-29)31-17-22-25(19-9-4-2-5-10-19)32-26(28-22)20-11-6-3-7-12-20/h2-15,30H,1,16-17H2. The normalized spacial score (nSPS) is 11.0. The average Bonchev–Trinajstić information content (AvgIpc) is 3.43. The van der Waals surface area contributed by atoms with Crippen LogP contribution in [0.25, 0.3) is 33.7 Å². The largest absolute Gasteiger partial charge is 0.511 e. The maximum absolute atomic E-state index is 9.53. The van der Waals surface area contributed by atoms with Gasteiger partial charge in [-0.15, -0.1) is 0 Å². The molecule has 2 heterocycles. The fourth-order valence-corrected chi connectivity index (χ4v) is 3.62. The van der Waals surface area contributed by atoms with Crippen molar-refractivity contribution in [1.29, 1.82) is 0 Å². The van der Waals surface area contributed by atoms with Crippen LogP contribution in [0.4, 0.5) is 0 Å². The molecule has 0 fully saturated rings. The Hall–Kier alpha value is -4.32. The van der Waals surface area contributed by atoms with E-state index in [0.717, 1.165) is 22.0 Å². The fraction of sp³-hybridized carbons (Fsp3) is 0.0769. The van der Waals surface area contributed by atoms with E-state index in [1.54, 1.807) is 10.9 Å². The Morgan fingerprint density at radius 1 is 0.938 bits per heavy atom. The Kier molecular flexibility index (Phi) is 5.17.